The van der Waals surface area contributed by atoms with E-state index in [4.69, 9.17) is 9.47 Å². The van der Waals surface area contributed by atoms with Crippen LogP contribution in [0.2, 0.25) is 0 Å². The van der Waals surface area contributed by atoms with Gasteiger partial charge in [-0.2, -0.15) is 0 Å². The summed E-state index contributed by atoms with van der Waals surface area (Å²) in [6, 6.07) is 9.22. The first-order valence-electron chi connectivity index (χ1n) is 12.8. The SMILES string of the molecule is Cc1cccc(N2CCN(CC3C(=O)O[C@@H]4C[C@@]5(C)CCC[C@H](C)[C@@]56O[C@H]6[C@H]34)CC2C)c1. The van der Waals surface area contributed by atoms with Crippen LogP contribution in [0.1, 0.15) is 52.0 Å². The lowest BCUT2D eigenvalue weighted by Crippen LogP contribution is -2.56. The quantitative estimate of drug-likeness (QED) is 0.527. The van der Waals surface area contributed by atoms with Crippen LogP contribution in [0.4, 0.5) is 5.69 Å². The molecular formula is C27H38N2O3. The molecule has 2 unspecified atom stereocenters. The number of esters is 1. The largest absolute Gasteiger partial charge is 0.462 e. The Balaban J connectivity index is 1.16. The summed E-state index contributed by atoms with van der Waals surface area (Å²) in [4.78, 5) is 18.1. The van der Waals surface area contributed by atoms with Crippen LogP contribution < -0.4 is 4.90 Å². The zero-order valence-electron chi connectivity index (χ0n) is 20.0. The number of hydrogen-bond acceptors (Lipinski definition) is 5. The van der Waals surface area contributed by atoms with Gasteiger partial charge in [0, 0.05) is 49.2 Å². The molecule has 5 heteroatoms. The van der Waals surface area contributed by atoms with E-state index in [0.717, 1.165) is 32.6 Å². The van der Waals surface area contributed by atoms with Crippen LogP contribution in [0.3, 0.4) is 0 Å². The highest BCUT2D eigenvalue weighted by atomic mass is 16.6. The number of piperazine rings is 1. The minimum atomic E-state index is -0.0410. The number of ether oxygens (including phenoxy) is 2. The zero-order valence-corrected chi connectivity index (χ0v) is 20.0. The van der Waals surface area contributed by atoms with E-state index >= 15 is 0 Å². The van der Waals surface area contributed by atoms with Crippen molar-refractivity contribution < 1.29 is 14.3 Å². The van der Waals surface area contributed by atoms with Gasteiger partial charge in [-0.3, -0.25) is 9.69 Å². The molecule has 5 aliphatic rings. The fraction of sp³-hybridized carbons (Fsp3) is 0.741. The molecule has 6 rings (SSSR count). The second-order valence-electron chi connectivity index (χ2n) is 11.7. The summed E-state index contributed by atoms with van der Waals surface area (Å²) in [6.07, 6.45) is 4.98. The average Bonchev–Trinajstić information content (AvgIpc) is 3.43. The summed E-state index contributed by atoms with van der Waals surface area (Å²) in [6.45, 7) is 13.0. The third-order valence-corrected chi connectivity index (χ3v) is 9.69. The Labute approximate surface area is 192 Å². The van der Waals surface area contributed by atoms with Gasteiger partial charge in [0.25, 0.3) is 0 Å². The van der Waals surface area contributed by atoms with Gasteiger partial charge < -0.3 is 14.4 Å². The smallest absolute Gasteiger partial charge is 0.311 e. The van der Waals surface area contributed by atoms with Crippen molar-refractivity contribution in [3.8, 4) is 0 Å². The van der Waals surface area contributed by atoms with Crippen LogP contribution in [-0.2, 0) is 14.3 Å². The van der Waals surface area contributed by atoms with E-state index in [1.54, 1.807) is 0 Å². The molecule has 174 valence electrons. The predicted octanol–water partition coefficient (Wildman–Crippen LogP) is 4.03. The van der Waals surface area contributed by atoms with E-state index < -0.39 is 0 Å². The summed E-state index contributed by atoms with van der Waals surface area (Å²) >= 11 is 0. The van der Waals surface area contributed by atoms with E-state index in [2.05, 4.69) is 61.8 Å². The number of hydrogen-bond donors (Lipinski definition) is 0. The summed E-state index contributed by atoms with van der Waals surface area (Å²) < 4.78 is 12.7. The van der Waals surface area contributed by atoms with Crippen molar-refractivity contribution in [1.82, 2.24) is 4.90 Å². The van der Waals surface area contributed by atoms with Crippen LogP contribution in [0.25, 0.3) is 0 Å². The van der Waals surface area contributed by atoms with Crippen LogP contribution in [0, 0.1) is 30.1 Å². The van der Waals surface area contributed by atoms with Crippen LogP contribution >= 0.6 is 0 Å². The van der Waals surface area contributed by atoms with E-state index in [-0.39, 0.29) is 41.0 Å². The van der Waals surface area contributed by atoms with Crippen molar-refractivity contribution in [2.45, 2.75) is 77.2 Å². The van der Waals surface area contributed by atoms with Gasteiger partial charge in [0.05, 0.1) is 12.0 Å². The summed E-state index contributed by atoms with van der Waals surface area (Å²) in [5.41, 5.74) is 2.77. The normalized spacial score (nSPS) is 45.6. The highest BCUT2D eigenvalue weighted by Crippen LogP contribution is 2.70. The van der Waals surface area contributed by atoms with Gasteiger partial charge in [0.1, 0.15) is 11.7 Å². The van der Waals surface area contributed by atoms with Crippen LogP contribution in [-0.4, -0.2) is 60.9 Å². The first kappa shape index (κ1) is 21.0. The predicted molar refractivity (Wildman–Crippen MR) is 125 cm³/mol. The molecule has 2 saturated carbocycles. The molecule has 0 aromatic heterocycles. The number of anilines is 1. The minimum Gasteiger partial charge on any atom is -0.462 e. The highest BCUT2D eigenvalue weighted by molar-refractivity contribution is 5.76. The van der Waals surface area contributed by atoms with E-state index in [1.807, 2.05) is 0 Å². The molecule has 3 saturated heterocycles. The topological polar surface area (TPSA) is 45.3 Å². The Hall–Kier alpha value is -1.59. The number of epoxide rings is 1. The molecule has 0 bridgehead atoms. The lowest BCUT2D eigenvalue weighted by Gasteiger charge is -2.49. The molecule has 8 atom stereocenters. The minimum absolute atomic E-state index is 0.00416. The lowest BCUT2D eigenvalue weighted by molar-refractivity contribution is -0.146. The molecule has 0 N–H and O–H groups in total. The van der Waals surface area contributed by atoms with Gasteiger partial charge in [-0.1, -0.05) is 32.4 Å². The molecule has 0 amide bonds. The first-order valence-corrected chi connectivity index (χ1v) is 12.8. The van der Waals surface area contributed by atoms with Crippen molar-refractivity contribution in [3.05, 3.63) is 29.8 Å². The summed E-state index contributed by atoms with van der Waals surface area (Å²) in [5.74, 6) is 0.803. The first-order chi connectivity index (χ1) is 15.3. The van der Waals surface area contributed by atoms with E-state index in [9.17, 15) is 4.79 Å². The second kappa shape index (κ2) is 7.20. The molecule has 3 aliphatic heterocycles. The van der Waals surface area contributed by atoms with Gasteiger partial charge in [0.2, 0.25) is 0 Å². The van der Waals surface area contributed by atoms with Gasteiger partial charge >= 0.3 is 5.97 Å². The van der Waals surface area contributed by atoms with Crippen molar-refractivity contribution >= 4 is 11.7 Å². The number of rotatable bonds is 3. The Morgan fingerprint density at radius 3 is 2.84 bits per heavy atom. The van der Waals surface area contributed by atoms with Gasteiger partial charge in [0.15, 0.2) is 0 Å². The monoisotopic (exact) mass is 438 g/mol. The van der Waals surface area contributed by atoms with Crippen LogP contribution in [0.5, 0.6) is 0 Å². The van der Waals surface area contributed by atoms with Crippen molar-refractivity contribution in [3.63, 3.8) is 0 Å². The molecule has 1 aromatic carbocycles. The average molecular weight is 439 g/mol. The molecule has 5 nitrogen and oxygen atoms in total. The third kappa shape index (κ3) is 2.93. The molecule has 32 heavy (non-hydrogen) atoms. The maximum Gasteiger partial charge on any atom is 0.311 e. The molecule has 1 spiro atoms. The number of carbonyl (C=O) groups is 1. The molecule has 1 aromatic rings. The Morgan fingerprint density at radius 2 is 2.06 bits per heavy atom. The standard InChI is InChI=1S/C27H38N2O3/c1-17-7-5-9-20(13-17)29-12-11-28(15-19(29)3)16-21-23-22(31-25(21)30)14-26(4)10-6-8-18(2)27(26)24(23)32-27/h5,7,9,13,18-19,21-24H,6,8,10-12,14-16H2,1-4H3/t18-,19?,21?,22+,23+,24-,26+,27-/m0/s1. The molecule has 5 fully saturated rings. The number of fused-ring (bicyclic) bond motifs is 2. The Morgan fingerprint density at radius 1 is 1.22 bits per heavy atom. The Kier molecular flexibility index (Phi) is 4.72. The van der Waals surface area contributed by atoms with Gasteiger partial charge in [-0.25, -0.2) is 0 Å². The zero-order chi connectivity index (χ0) is 22.3. The second-order valence-corrected chi connectivity index (χ2v) is 11.7. The molecule has 2 aliphatic carbocycles. The molecular weight excluding hydrogens is 400 g/mol. The molecule has 3 heterocycles. The van der Waals surface area contributed by atoms with E-state index in [0.29, 0.717) is 12.0 Å². The number of carbonyl (C=O) groups excluding carboxylic acids is 1. The summed E-state index contributed by atoms with van der Waals surface area (Å²) in [7, 11) is 0. The Bertz CT molecular complexity index is 920. The van der Waals surface area contributed by atoms with Crippen molar-refractivity contribution in [2.24, 2.45) is 23.2 Å². The maximum atomic E-state index is 13.1. The number of nitrogens with zero attached hydrogens (tertiary/aromatic N) is 2. The van der Waals surface area contributed by atoms with E-state index in [1.165, 1.54) is 30.5 Å². The van der Waals surface area contributed by atoms with Crippen molar-refractivity contribution in [2.75, 3.05) is 31.1 Å². The third-order valence-electron chi connectivity index (χ3n) is 9.69. The van der Waals surface area contributed by atoms with Crippen molar-refractivity contribution in [1.29, 1.82) is 0 Å². The fourth-order valence-corrected chi connectivity index (χ4v) is 8.11. The van der Waals surface area contributed by atoms with Gasteiger partial charge in [-0.15, -0.1) is 0 Å². The maximum absolute atomic E-state index is 13.1. The van der Waals surface area contributed by atoms with Gasteiger partial charge in [-0.05, 0) is 56.7 Å². The van der Waals surface area contributed by atoms with Crippen LogP contribution in [0.15, 0.2) is 24.3 Å². The molecule has 0 radical (unpaired) electrons. The lowest BCUT2D eigenvalue weighted by atomic mass is 9.53. The highest BCUT2D eigenvalue weighted by Gasteiger charge is 2.78. The fourth-order valence-electron chi connectivity index (χ4n) is 8.11. The number of aryl methyl sites for hydroxylation is 1. The summed E-state index contributed by atoms with van der Waals surface area (Å²) in [5, 5.41) is 0. The number of benzene rings is 1.